The van der Waals surface area contributed by atoms with Crippen LogP contribution >= 0.6 is 0 Å². The zero-order chi connectivity index (χ0) is 24.0. The Hall–Kier alpha value is -3.74. The molecule has 3 amide bonds. The van der Waals surface area contributed by atoms with E-state index in [4.69, 9.17) is 4.74 Å². The molecule has 2 aromatic carbocycles. The van der Waals surface area contributed by atoms with Crippen molar-refractivity contribution in [3.63, 3.8) is 0 Å². The standard InChI is InChI=1S/C27H26N2O5/c1-16-8-10-21-22(12-16)26(32)29(25(21)31)23-11-9-20(13-17(23)2)34-27(33)18-14-24(30)28(15-18)19-6-4-3-5-7-19/h3-9,11,13,18,21-22H,10,12,14-15H2,1-2H3/t18-,21+,22-/m1/s1. The predicted molar refractivity (Wildman–Crippen MR) is 126 cm³/mol. The van der Waals surface area contributed by atoms with Gasteiger partial charge in [-0.2, -0.15) is 0 Å². The Kier molecular flexibility index (Phi) is 5.55. The van der Waals surface area contributed by atoms with Gasteiger partial charge in [-0.25, -0.2) is 4.90 Å². The number of nitrogens with zero attached hydrogens (tertiary/aromatic N) is 2. The number of benzene rings is 2. The van der Waals surface area contributed by atoms with Crippen molar-refractivity contribution >= 4 is 35.1 Å². The van der Waals surface area contributed by atoms with Crippen LogP contribution in [0.3, 0.4) is 0 Å². The van der Waals surface area contributed by atoms with Crippen LogP contribution in [0.5, 0.6) is 5.75 Å². The number of ether oxygens (including phenoxy) is 1. The molecule has 0 aromatic heterocycles. The number of anilines is 2. The quantitative estimate of drug-likeness (QED) is 0.301. The first-order chi connectivity index (χ1) is 16.3. The molecule has 0 radical (unpaired) electrons. The van der Waals surface area contributed by atoms with Gasteiger partial charge in [-0.1, -0.05) is 29.8 Å². The summed E-state index contributed by atoms with van der Waals surface area (Å²) in [6.07, 6.45) is 3.34. The van der Waals surface area contributed by atoms with E-state index >= 15 is 0 Å². The highest BCUT2D eigenvalue weighted by Crippen LogP contribution is 2.41. The van der Waals surface area contributed by atoms with E-state index in [2.05, 4.69) is 0 Å². The molecule has 0 saturated carbocycles. The highest BCUT2D eigenvalue weighted by atomic mass is 16.5. The monoisotopic (exact) mass is 458 g/mol. The van der Waals surface area contributed by atoms with E-state index in [9.17, 15) is 19.2 Å². The molecule has 0 spiro atoms. The minimum absolute atomic E-state index is 0.0950. The summed E-state index contributed by atoms with van der Waals surface area (Å²) in [6, 6.07) is 14.1. The molecule has 7 nitrogen and oxygen atoms in total. The number of carbonyl (C=O) groups is 4. The molecular weight excluding hydrogens is 432 g/mol. The summed E-state index contributed by atoms with van der Waals surface area (Å²) in [5.41, 5.74) is 3.09. The lowest BCUT2D eigenvalue weighted by molar-refractivity contribution is -0.139. The van der Waals surface area contributed by atoms with Crippen LogP contribution in [0.4, 0.5) is 11.4 Å². The van der Waals surface area contributed by atoms with E-state index in [0.29, 0.717) is 29.8 Å². The molecule has 1 aliphatic carbocycles. The maximum Gasteiger partial charge on any atom is 0.316 e. The molecule has 2 aromatic rings. The van der Waals surface area contributed by atoms with Gasteiger partial charge in [-0.15, -0.1) is 0 Å². The zero-order valence-electron chi connectivity index (χ0n) is 19.2. The first-order valence-corrected chi connectivity index (χ1v) is 11.5. The third-order valence-corrected chi connectivity index (χ3v) is 6.98. The summed E-state index contributed by atoms with van der Waals surface area (Å²) >= 11 is 0. The van der Waals surface area contributed by atoms with E-state index in [1.165, 1.54) is 4.90 Å². The van der Waals surface area contributed by atoms with Crippen molar-refractivity contribution in [2.24, 2.45) is 17.8 Å². The number of amides is 3. The van der Waals surface area contributed by atoms with Gasteiger partial charge in [0, 0.05) is 18.7 Å². The number of fused-ring (bicyclic) bond motifs is 1. The fraction of sp³-hybridized carbons (Fsp3) is 0.333. The molecule has 3 atom stereocenters. The third-order valence-electron chi connectivity index (χ3n) is 6.98. The Morgan fingerprint density at radius 2 is 1.68 bits per heavy atom. The number of aryl methyl sites for hydroxylation is 1. The second-order valence-corrected chi connectivity index (χ2v) is 9.33. The second-order valence-electron chi connectivity index (χ2n) is 9.33. The summed E-state index contributed by atoms with van der Waals surface area (Å²) < 4.78 is 5.58. The Labute approximate surface area is 198 Å². The lowest BCUT2D eigenvalue weighted by Gasteiger charge is -2.19. The van der Waals surface area contributed by atoms with Gasteiger partial charge < -0.3 is 9.64 Å². The minimum Gasteiger partial charge on any atom is -0.426 e. The largest absolute Gasteiger partial charge is 0.426 e. The molecule has 174 valence electrons. The Morgan fingerprint density at radius 1 is 0.941 bits per heavy atom. The molecule has 0 N–H and O–H groups in total. The predicted octanol–water partition coefficient (Wildman–Crippen LogP) is 3.80. The van der Waals surface area contributed by atoms with Gasteiger partial charge in [0.2, 0.25) is 17.7 Å². The number of hydrogen-bond acceptors (Lipinski definition) is 5. The van der Waals surface area contributed by atoms with Crippen molar-refractivity contribution in [1.29, 1.82) is 0 Å². The van der Waals surface area contributed by atoms with Gasteiger partial charge >= 0.3 is 5.97 Å². The van der Waals surface area contributed by atoms with Gasteiger partial charge in [0.25, 0.3) is 0 Å². The number of rotatable bonds is 4. The molecular formula is C27H26N2O5. The van der Waals surface area contributed by atoms with Crippen LogP contribution in [0.15, 0.2) is 60.2 Å². The Balaban J connectivity index is 1.28. The van der Waals surface area contributed by atoms with E-state index in [1.807, 2.05) is 43.3 Å². The number of allylic oxidation sites excluding steroid dienone is 2. The van der Waals surface area contributed by atoms with Crippen molar-refractivity contribution in [2.75, 3.05) is 16.3 Å². The van der Waals surface area contributed by atoms with Crippen molar-refractivity contribution in [3.05, 3.63) is 65.7 Å². The average molecular weight is 459 g/mol. The first-order valence-electron chi connectivity index (χ1n) is 11.5. The lowest BCUT2D eigenvalue weighted by atomic mass is 9.82. The molecule has 2 saturated heterocycles. The molecule has 5 rings (SSSR count). The highest BCUT2D eigenvalue weighted by molar-refractivity contribution is 6.22. The number of esters is 1. The van der Waals surface area contributed by atoms with Gasteiger partial charge in [-0.3, -0.25) is 19.2 Å². The minimum atomic E-state index is -0.562. The van der Waals surface area contributed by atoms with E-state index in [0.717, 1.165) is 11.3 Å². The molecule has 7 heteroatoms. The summed E-state index contributed by atoms with van der Waals surface area (Å²) in [7, 11) is 0. The van der Waals surface area contributed by atoms with Crippen LogP contribution in [-0.4, -0.2) is 30.2 Å². The third kappa shape index (κ3) is 3.81. The Morgan fingerprint density at radius 3 is 2.41 bits per heavy atom. The van der Waals surface area contributed by atoms with Crippen molar-refractivity contribution in [3.8, 4) is 5.75 Å². The van der Waals surface area contributed by atoms with Crippen molar-refractivity contribution in [1.82, 2.24) is 0 Å². The fourth-order valence-corrected chi connectivity index (χ4v) is 5.14. The van der Waals surface area contributed by atoms with Crippen LogP contribution in [0.25, 0.3) is 0 Å². The Bertz CT molecular complexity index is 1220. The summed E-state index contributed by atoms with van der Waals surface area (Å²) in [4.78, 5) is 54.1. The maximum absolute atomic E-state index is 13.0. The number of imide groups is 1. The van der Waals surface area contributed by atoms with Crippen LogP contribution in [-0.2, 0) is 19.2 Å². The summed E-state index contributed by atoms with van der Waals surface area (Å²) in [5, 5.41) is 0. The molecule has 2 aliphatic heterocycles. The SMILES string of the molecule is CC1=CC[C@@H]2C(=O)N(c3ccc(OC(=O)[C@@H]4CC(=O)N(c5ccccc5)C4)cc3C)C(=O)[C@@H]2C1. The molecule has 2 fully saturated rings. The molecule has 2 heterocycles. The van der Waals surface area contributed by atoms with Gasteiger partial charge in [0.1, 0.15) is 5.75 Å². The smallest absolute Gasteiger partial charge is 0.316 e. The maximum atomic E-state index is 13.0. The first kappa shape index (κ1) is 22.1. The van der Waals surface area contributed by atoms with Crippen molar-refractivity contribution in [2.45, 2.75) is 33.1 Å². The van der Waals surface area contributed by atoms with Gasteiger partial charge in [0.15, 0.2) is 0 Å². The molecule has 0 bridgehead atoms. The summed E-state index contributed by atoms with van der Waals surface area (Å²) in [5.74, 6) is -1.77. The highest BCUT2D eigenvalue weighted by Gasteiger charge is 2.49. The van der Waals surface area contributed by atoms with Gasteiger partial charge in [0.05, 0.1) is 23.4 Å². The van der Waals surface area contributed by atoms with Crippen LogP contribution in [0.1, 0.15) is 31.7 Å². The van der Waals surface area contributed by atoms with E-state index in [1.54, 1.807) is 30.0 Å². The number of carbonyl (C=O) groups excluding carboxylic acids is 4. The van der Waals surface area contributed by atoms with E-state index in [-0.39, 0.29) is 42.5 Å². The molecule has 0 unspecified atom stereocenters. The molecule has 3 aliphatic rings. The zero-order valence-corrected chi connectivity index (χ0v) is 19.2. The lowest BCUT2D eigenvalue weighted by Crippen LogP contribution is -2.31. The molecule has 34 heavy (non-hydrogen) atoms. The van der Waals surface area contributed by atoms with Crippen LogP contribution in [0.2, 0.25) is 0 Å². The fourth-order valence-electron chi connectivity index (χ4n) is 5.14. The van der Waals surface area contributed by atoms with Crippen LogP contribution < -0.4 is 14.5 Å². The van der Waals surface area contributed by atoms with Crippen molar-refractivity contribution < 1.29 is 23.9 Å². The van der Waals surface area contributed by atoms with Gasteiger partial charge in [-0.05, 0) is 62.6 Å². The number of hydrogen-bond donors (Lipinski definition) is 0. The van der Waals surface area contributed by atoms with Crippen LogP contribution in [0, 0.1) is 24.7 Å². The average Bonchev–Trinajstić information content (AvgIpc) is 3.32. The topological polar surface area (TPSA) is 84.0 Å². The summed E-state index contributed by atoms with van der Waals surface area (Å²) in [6.45, 7) is 4.04. The normalized spacial score (nSPS) is 24.4. The number of para-hydroxylation sites is 1. The second kappa shape index (κ2) is 8.56. The van der Waals surface area contributed by atoms with E-state index < -0.39 is 11.9 Å².